The fraction of sp³-hybridized carbons (Fsp3) is 0.500. The summed E-state index contributed by atoms with van der Waals surface area (Å²) in [4.78, 5) is 17.0. The highest BCUT2D eigenvalue weighted by atomic mass is 79.9. The van der Waals surface area contributed by atoms with Gasteiger partial charge in [-0.2, -0.15) is 0 Å². The van der Waals surface area contributed by atoms with E-state index in [0.29, 0.717) is 6.61 Å². The van der Waals surface area contributed by atoms with Gasteiger partial charge < -0.3 is 4.74 Å². The van der Waals surface area contributed by atoms with E-state index in [9.17, 15) is 4.79 Å². The first-order valence-electron chi connectivity index (χ1n) is 6.14. The average Bonchev–Trinajstić information content (AvgIpc) is 2.39. The highest BCUT2D eigenvalue weighted by Crippen LogP contribution is 2.19. The van der Waals surface area contributed by atoms with Crippen molar-refractivity contribution < 1.29 is 14.4 Å². The molecule has 1 rings (SSSR count). The average molecular weight is 330 g/mol. The molecule has 0 aliphatic heterocycles. The first-order chi connectivity index (χ1) is 8.97. The van der Waals surface area contributed by atoms with Gasteiger partial charge in [-0.15, -0.1) is 0 Å². The topological polar surface area (TPSA) is 38.8 Å². The van der Waals surface area contributed by atoms with Gasteiger partial charge in [0.2, 0.25) is 0 Å². The molecule has 0 bridgehead atoms. The van der Waals surface area contributed by atoms with Crippen LogP contribution in [0.1, 0.15) is 19.4 Å². The fourth-order valence-corrected chi connectivity index (χ4v) is 2.01. The van der Waals surface area contributed by atoms with E-state index < -0.39 is 6.10 Å². The largest absolute Gasteiger partial charge is 0.363 e. The van der Waals surface area contributed by atoms with Crippen molar-refractivity contribution in [1.29, 1.82) is 0 Å². The minimum Gasteiger partial charge on any atom is -0.363 e. The van der Waals surface area contributed by atoms with Crippen LogP contribution in [-0.2, 0) is 21.0 Å². The predicted octanol–water partition coefficient (Wildman–Crippen LogP) is 3.01. The lowest BCUT2D eigenvalue weighted by Gasteiger charge is -2.24. The molecule has 4 nitrogen and oxygen atoms in total. The molecule has 0 aromatic heterocycles. The molecule has 1 amide bonds. The number of carbonyl (C=O) groups excluding carboxylic acids is 1. The number of nitrogens with zero attached hydrogens (tertiary/aromatic N) is 1. The third kappa shape index (κ3) is 4.60. The van der Waals surface area contributed by atoms with Crippen molar-refractivity contribution in [2.24, 2.45) is 5.92 Å². The molecular formula is C14H20BrNO3. The van der Waals surface area contributed by atoms with Gasteiger partial charge in [0, 0.05) is 11.5 Å². The summed E-state index contributed by atoms with van der Waals surface area (Å²) in [5.74, 6) is -0.0999. The lowest BCUT2D eigenvalue weighted by Crippen LogP contribution is -2.40. The Morgan fingerprint density at radius 3 is 2.53 bits per heavy atom. The molecule has 0 radical (unpaired) electrons. The summed E-state index contributed by atoms with van der Waals surface area (Å²) < 4.78 is 6.73. The maximum absolute atomic E-state index is 12.1. The Labute approximate surface area is 122 Å². The lowest BCUT2D eigenvalue weighted by molar-refractivity contribution is -0.184. The number of halogens is 1. The van der Waals surface area contributed by atoms with Crippen molar-refractivity contribution in [2.45, 2.75) is 26.6 Å². The van der Waals surface area contributed by atoms with Gasteiger partial charge in [-0.1, -0.05) is 48.0 Å². The summed E-state index contributed by atoms with van der Waals surface area (Å²) in [6.07, 6.45) is -0.517. The molecular weight excluding hydrogens is 310 g/mol. The number of hydrogen-bond donors (Lipinski definition) is 0. The molecule has 1 unspecified atom stereocenters. The normalized spacial score (nSPS) is 12.5. The monoisotopic (exact) mass is 329 g/mol. The molecule has 1 aromatic rings. The summed E-state index contributed by atoms with van der Waals surface area (Å²) in [7, 11) is 3.04. The van der Waals surface area contributed by atoms with Crippen molar-refractivity contribution >= 4 is 21.8 Å². The number of rotatable bonds is 6. The number of amides is 1. The zero-order valence-electron chi connectivity index (χ0n) is 11.7. The van der Waals surface area contributed by atoms with Crippen molar-refractivity contribution in [3.05, 3.63) is 34.3 Å². The summed E-state index contributed by atoms with van der Waals surface area (Å²) in [5.41, 5.74) is 1.01. The van der Waals surface area contributed by atoms with Gasteiger partial charge >= 0.3 is 0 Å². The van der Waals surface area contributed by atoms with E-state index in [1.807, 2.05) is 38.1 Å². The SMILES string of the molecule is CON(C)C(=O)C(OCc1ccccc1Br)C(C)C. The quantitative estimate of drug-likeness (QED) is 0.753. The Kier molecular flexibility index (Phi) is 6.48. The molecule has 1 atom stereocenters. The molecule has 0 N–H and O–H groups in total. The second-order valence-corrected chi connectivity index (χ2v) is 5.44. The van der Waals surface area contributed by atoms with Crippen LogP contribution in [-0.4, -0.2) is 31.2 Å². The number of hydroxylamine groups is 2. The molecule has 0 spiro atoms. The fourth-order valence-electron chi connectivity index (χ4n) is 1.61. The van der Waals surface area contributed by atoms with Gasteiger partial charge in [-0.05, 0) is 17.5 Å². The second-order valence-electron chi connectivity index (χ2n) is 4.59. The van der Waals surface area contributed by atoms with E-state index in [1.165, 1.54) is 12.2 Å². The minimum absolute atomic E-state index is 0.0765. The van der Waals surface area contributed by atoms with Crippen molar-refractivity contribution in [3.8, 4) is 0 Å². The van der Waals surface area contributed by atoms with E-state index in [-0.39, 0.29) is 11.8 Å². The Morgan fingerprint density at radius 2 is 2.00 bits per heavy atom. The number of hydrogen-bond acceptors (Lipinski definition) is 3. The molecule has 5 heteroatoms. The molecule has 106 valence electrons. The van der Waals surface area contributed by atoms with Crippen LogP contribution in [0.4, 0.5) is 0 Å². The highest BCUT2D eigenvalue weighted by molar-refractivity contribution is 9.10. The molecule has 0 fully saturated rings. The van der Waals surface area contributed by atoms with Gasteiger partial charge in [-0.3, -0.25) is 9.63 Å². The standard InChI is InChI=1S/C14H20BrNO3/c1-10(2)13(14(17)16(3)18-4)19-9-11-7-5-6-8-12(11)15/h5-8,10,13H,9H2,1-4H3. The number of carbonyl (C=O) groups is 1. The van der Waals surface area contributed by atoms with Crippen LogP contribution in [0.25, 0.3) is 0 Å². The molecule has 0 aliphatic rings. The van der Waals surface area contributed by atoms with Gasteiger partial charge in [0.1, 0.15) is 6.10 Å². The van der Waals surface area contributed by atoms with Gasteiger partial charge in [0.05, 0.1) is 13.7 Å². The van der Waals surface area contributed by atoms with Gasteiger partial charge in [0.25, 0.3) is 5.91 Å². The van der Waals surface area contributed by atoms with Crippen molar-refractivity contribution in [3.63, 3.8) is 0 Å². The van der Waals surface area contributed by atoms with Gasteiger partial charge in [-0.25, -0.2) is 5.06 Å². The lowest BCUT2D eigenvalue weighted by atomic mass is 10.1. The Balaban J connectivity index is 2.70. The number of ether oxygens (including phenoxy) is 1. The third-order valence-corrected chi connectivity index (χ3v) is 3.58. The summed E-state index contributed by atoms with van der Waals surface area (Å²) >= 11 is 3.46. The van der Waals surface area contributed by atoms with E-state index in [1.54, 1.807) is 7.05 Å². The zero-order chi connectivity index (χ0) is 14.4. The van der Waals surface area contributed by atoms with Crippen LogP contribution in [0.3, 0.4) is 0 Å². The van der Waals surface area contributed by atoms with Crippen LogP contribution in [0, 0.1) is 5.92 Å². The Morgan fingerprint density at radius 1 is 1.37 bits per heavy atom. The highest BCUT2D eigenvalue weighted by Gasteiger charge is 2.26. The molecule has 0 saturated carbocycles. The van der Waals surface area contributed by atoms with Crippen LogP contribution in [0.5, 0.6) is 0 Å². The van der Waals surface area contributed by atoms with Crippen molar-refractivity contribution in [1.82, 2.24) is 5.06 Å². The third-order valence-electron chi connectivity index (χ3n) is 2.81. The van der Waals surface area contributed by atoms with Crippen molar-refractivity contribution in [2.75, 3.05) is 14.2 Å². The van der Waals surface area contributed by atoms with Gasteiger partial charge in [0.15, 0.2) is 0 Å². The van der Waals surface area contributed by atoms with E-state index in [4.69, 9.17) is 9.57 Å². The van der Waals surface area contributed by atoms with E-state index >= 15 is 0 Å². The maximum atomic E-state index is 12.1. The Bertz CT molecular complexity index is 423. The first-order valence-corrected chi connectivity index (χ1v) is 6.93. The second kappa shape index (κ2) is 7.62. The molecule has 1 aromatic carbocycles. The molecule has 0 saturated heterocycles. The summed E-state index contributed by atoms with van der Waals surface area (Å²) in [6, 6.07) is 7.80. The van der Waals surface area contributed by atoms with E-state index in [0.717, 1.165) is 10.0 Å². The maximum Gasteiger partial charge on any atom is 0.275 e. The van der Waals surface area contributed by atoms with Crippen LogP contribution in [0.15, 0.2) is 28.7 Å². The smallest absolute Gasteiger partial charge is 0.275 e. The molecule has 0 heterocycles. The number of benzene rings is 1. The van der Waals surface area contributed by atoms with Crippen LogP contribution in [0.2, 0.25) is 0 Å². The van der Waals surface area contributed by atoms with Crippen LogP contribution < -0.4 is 0 Å². The Hall–Kier alpha value is -0.910. The first kappa shape index (κ1) is 16.1. The molecule has 0 aliphatic carbocycles. The number of likely N-dealkylation sites (N-methyl/N-ethyl adjacent to an activating group) is 1. The zero-order valence-corrected chi connectivity index (χ0v) is 13.3. The predicted molar refractivity (Wildman–Crippen MR) is 77.3 cm³/mol. The molecule has 19 heavy (non-hydrogen) atoms. The summed E-state index contributed by atoms with van der Waals surface area (Å²) in [6.45, 7) is 4.28. The summed E-state index contributed by atoms with van der Waals surface area (Å²) in [5, 5.41) is 1.20. The van der Waals surface area contributed by atoms with E-state index in [2.05, 4.69) is 15.9 Å². The van der Waals surface area contributed by atoms with Crippen LogP contribution >= 0.6 is 15.9 Å². The minimum atomic E-state index is -0.517.